The standard InChI is InChI=1S/C58H109NO5/c1-4-7-10-13-16-19-22-25-27-28-30-32-34-37-40-43-46-49-54(64-58(63)51-48-45-42-39-36-31-24-21-18-15-12-9-6-3)52-57(62)59-55(53-60)56(61)50-47-44-41-38-35-33-29-26-23-20-17-14-11-8-5-2/h16,19,25,27,31,36,54-56,60-61H,4-15,17-18,20-24,26,28-30,32-35,37-53H2,1-3H3,(H,59,62)/b19-16-,27-25-,36-31-. The van der Waals surface area contributed by atoms with Gasteiger partial charge in [0.05, 0.1) is 25.2 Å². The number of allylic oxidation sites excluding steroid dienone is 6. The normalized spacial score (nSPS) is 13.4. The highest BCUT2D eigenvalue weighted by atomic mass is 16.5. The number of hydrogen-bond acceptors (Lipinski definition) is 5. The van der Waals surface area contributed by atoms with E-state index in [9.17, 15) is 19.8 Å². The molecule has 376 valence electrons. The molecule has 0 aliphatic rings. The van der Waals surface area contributed by atoms with Gasteiger partial charge in [-0.05, 0) is 83.5 Å². The summed E-state index contributed by atoms with van der Waals surface area (Å²) in [7, 11) is 0. The van der Waals surface area contributed by atoms with E-state index in [1.807, 2.05) is 0 Å². The van der Waals surface area contributed by atoms with Crippen molar-refractivity contribution in [2.45, 2.75) is 315 Å². The second-order valence-electron chi connectivity index (χ2n) is 19.3. The van der Waals surface area contributed by atoms with Gasteiger partial charge in [-0.3, -0.25) is 9.59 Å². The predicted molar refractivity (Wildman–Crippen MR) is 278 cm³/mol. The average Bonchev–Trinajstić information content (AvgIpc) is 3.29. The molecule has 0 aromatic heterocycles. The molecule has 0 spiro atoms. The van der Waals surface area contributed by atoms with Gasteiger partial charge in [-0.15, -0.1) is 0 Å². The number of rotatable bonds is 51. The fourth-order valence-corrected chi connectivity index (χ4v) is 8.63. The summed E-state index contributed by atoms with van der Waals surface area (Å²) < 4.78 is 5.94. The van der Waals surface area contributed by atoms with Crippen LogP contribution in [0.5, 0.6) is 0 Å². The second kappa shape index (κ2) is 52.1. The van der Waals surface area contributed by atoms with Crippen molar-refractivity contribution in [3.05, 3.63) is 36.5 Å². The van der Waals surface area contributed by atoms with Crippen LogP contribution < -0.4 is 5.32 Å². The van der Waals surface area contributed by atoms with Crippen molar-refractivity contribution in [1.82, 2.24) is 5.32 Å². The van der Waals surface area contributed by atoms with Crippen LogP contribution in [0, 0.1) is 0 Å². The minimum atomic E-state index is -0.791. The number of carbonyl (C=O) groups is 2. The van der Waals surface area contributed by atoms with Crippen molar-refractivity contribution in [2.75, 3.05) is 6.61 Å². The Hall–Kier alpha value is -1.92. The van der Waals surface area contributed by atoms with Gasteiger partial charge in [0.15, 0.2) is 0 Å². The highest BCUT2D eigenvalue weighted by molar-refractivity contribution is 5.77. The summed E-state index contributed by atoms with van der Waals surface area (Å²) in [5, 5.41) is 23.9. The number of esters is 1. The molecule has 3 unspecified atom stereocenters. The third-order valence-electron chi connectivity index (χ3n) is 12.9. The number of aliphatic hydroxyl groups is 2. The molecule has 0 aromatic rings. The summed E-state index contributed by atoms with van der Waals surface area (Å²) in [5.74, 6) is -0.488. The van der Waals surface area contributed by atoms with E-state index >= 15 is 0 Å². The van der Waals surface area contributed by atoms with Crippen LogP contribution in [0.2, 0.25) is 0 Å². The maximum atomic E-state index is 13.3. The molecular weight excluding hydrogens is 791 g/mol. The monoisotopic (exact) mass is 900 g/mol. The molecule has 64 heavy (non-hydrogen) atoms. The number of hydrogen-bond donors (Lipinski definition) is 3. The molecule has 1 amide bonds. The van der Waals surface area contributed by atoms with Gasteiger partial charge in [-0.2, -0.15) is 0 Å². The second-order valence-corrected chi connectivity index (χ2v) is 19.3. The van der Waals surface area contributed by atoms with Crippen molar-refractivity contribution >= 4 is 11.9 Å². The lowest BCUT2D eigenvalue weighted by atomic mass is 10.0. The summed E-state index contributed by atoms with van der Waals surface area (Å²) in [6.45, 7) is 6.47. The third kappa shape index (κ3) is 46.6. The molecule has 0 radical (unpaired) electrons. The Balaban J connectivity index is 4.57. The van der Waals surface area contributed by atoms with E-state index in [2.05, 4.69) is 62.5 Å². The van der Waals surface area contributed by atoms with E-state index in [4.69, 9.17) is 4.74 Å². The van der Waals surface area contributed by atoms with Crippen LogP contribution in [0.1, 0.15) is 297 Å². The highest BCUT2D eigenvalue weighted by Gasteiger charge is 2.24. The van der Waals surface area contributed by atoms with E-state index in [-0.39, 0.29) is 24.9 Å². The van der Waals surface area contributed by atoms with Gasteiger partial charge < -0.3 is 20.3 Å². The lowest BCUT2D eigenvalue weighted by Gasteiger charge is -2.24. The average molecular weight is 901 g/mol. The molecule has 0 aromatic carbocycles. The van der Waals surface area contributed by atoms with Crippen molar-refractivity contribution in [1.29, 1.82) is 0 Å². The van der Waals surface area contributed by atoms with E-state index < -0.39 is 18.2 Å². The van der Waals surface area contributed by atoms with Crippen molar-refractivity contribution in [2.24, 2.45) is 0 Å². The molecule has 0 saturated heterocycles. The van der Waals surface area contributed by atoms with Crippen LogP contribution in [0.3, 0.4) is 0 Å². The van der Waals surface area contributed by atoms with Gasteiger partial charge in [0, 0.05) is 6.42 Å². The van der Waals surface area contributed by atoms with E-state index in [1.54, 1.807) is 0 Å². The quantitative estimate of drug-likeness (QED) is 0.0321. The molecular formula is C58H109NO5. The molecule has 6 heteroatoms. The molecule has 0 aliphatic heterocycles. The van der Waals surface area contributed by atoms with Crippen molar-refractivity contribution in [3.63, 3.8) is 0 Å². The van der Waals surface area contributed by atoms with Crippen LogP contribution in [0.15, 0.2) is 36.5 Å². The highest BCUT2D eigenvalue weighted by Crippen LogP contribution is 2.18. The minimum Gasteiger partial charge on any atom is -0.462 e. The molecule has 0 saturated carbocycles. The van der Waals surface area contributed by atoms with Gasteiger partial charge >= 0.3 is 5.97 Å². The number of aliphatic hydroxyl groups excluding tert-OH is 2. The molecule has 0 rings (SSSR count). The number of amides is 1. The fraction of sp³-hybridized carbons (Fsp3) is 0.862. The van der Waals surface area contributed by atoms with Crippen molar-refractivity contribution < 1.29 is 24.5 Å². The van der Waals surface area contributed by atoms with Crippen LogP contribution >= 0.6 is 0 Å². The third-order valence-corrected chi connectivity index (χ3v) is 12.9. The van der Waals surface area contributed by atoms with Crippen LogP contribution in [0.4, 0.5) is 0 Å². The minimum absolute atomic E-state index is 0.0689. The number of nitrogens with one attached hydrogen (secondary N) is 1. The van der Waals surface area contributed by atoms with Gasteiger partial charge in [-0.1, -0.05) is 237 Å². The first-order chi connectivity index (χ1) is 31.5. The smallest absolute Gasteiger partial charge is 0.306 e. The Morgan fingerprint density at radius 3 is 1.23 bits per heavy atom. The maximum absolute atomic E-state index is 13.3. The number of carbonyl (C=O) groups excluding carboxylic acids is 2. The zero-order valence-corrected chi connectivity index (χ0v) is 42.9. The summed E-state index contributed by atoms with van der Waals surface area (Å²) in [5.41, 5.74) is 0. The number of ether oxygens (including phenoxy) is 1. The van der Waals surface area contributed by atoms with Gasteiger partial charge in [0.2, 0.25) is 5.91 Å². The summed E-state index contributed by atoms with van der Waals surface area (Å²) >= 11 is 0. The molecule has 0 heterocycles. The first kappa shape index (κ1) is 62.1. The first-order valence-electron chi connectivity index (χ1n) is 28.2. The Labute approximate surface area is 398 Å². The van der Waals surface area contributed by atoms with Crippen LogP contribution in [-0.2, 0) is 14.3 Å². The summed E-state index contributed by atoms with van der Waals surface area (Å²) in [4.78, 5) is 26.2. The predicted octanol–water partition coefficient (Wildman–Crippen LogP) is 17.2. The van der Waals surface area contributed by atoms with Gasteiger partial charge in [0.1, 0.15) is 6.10 Å². The lowest BCUT2D eigenvalue weighted by molar-refractivity contribution is -0.151. The lowest BCUT2D eigenvalue weighted by Crippen LogP contribution is -2.46. The fourth-order valence-electron chi connectivity index (χ4n) is 8.63. The molecule has 0 aliphatic carbocycles. The molecule has 0 bridgehead atoms. The molecule has 0 fully saturated rings. The zero-order valence-electron chi connectivity index (χ0n) is 42.9. The SMILES string of the molecule is CCCCC/C=C\C/C=C\CCCCCCCCCC(CC(=O)NC(CO)C(O)CCCCCCCCCCCCCCCCC)OC(=O)CCCCC/C=C\CCCCCCCC. The van der Waals surface area contributed by atoms with E-state index in [0.29, 0.717) is 19.3 Å². The Morgan fingerprint density at radius 2 is 0.797 bits per heavy atom. The Kier molecular flexibility index (Phi) is 50.5. The summed E-state index contributed by atoms with van der Waals surface area (Å²) in [6, 6.07) is -0.706. The van der Waals surface area contributed by atoms with E-state index in [1.165, 1.54) is 180 Å². The number of unbranched alkanes of at least 4 members (excludes halogenated alkanes) is 33. The van der Waals surface area contributed by atoms with Crippen LogP contribution in [0.25, 0.3) is 0 Å². The van der Waals surface area contributed by atoms with E-state index in [0.717, 1.165) is 70.6 Å². The van der Waals surface area contributed by atoms with Gasteiger partial charge in [0.25, 0.3) is 0 Å². The molecule has 3 atom stereocenters. The Bertz CT molecular complexity index is 1060. The zero-order chi connectivity index (χ0) is 46.7. The first-order valence-corrected chi connectivity index (χ1v) is 28.2. The van der Waals surface area contributed by atoms with Crippen molar-refractivity contribution in [3.8, 4) is 0 Å². The summed E-state index contributed by atoms with van der Waals surface area (Å²) in [6.07, 6.45) is 62.0. The largest absolute Gasteiger partial charge is 0.462 e. The topological polar surface area (TPSA) is 95.9 Å². The maximum Gasteiger partial charge on any atom is 0.306 e. The molecule has 6 nitrogen and oxygen atoms in total. The van der Waals surface area contributed by atoms with Crippen LogP contribution in [-0.4, -0.2) is 46.9 Å². The van der Waals surface area contributed by atoms with Gasteiger partial charge in [-0.25, -0.2) is 0 Å². The Morgan fingerprint density at radius 1 is 0.453 bits per heavy atom. The molecule has 3 N–H and O–H groups in total.